The van der Waals surface area contributed by atoms with Crippen LogP contribution in [0.5, 0.6) is 0 Å². The number of aliphatic carboxylic acids is 1. The second kappa shape index (κ2) is 6.18. The Balaban J connectivity index is 1.81. The van der Waals surface area contributed by atoms with Gasteiger partial charge >= 0.3 is 5.97 Å². The Morgan fingerprint density at radius 3 is 2.76 bits per heavy atom. The smallest absolute Gasteiger partial charge is 0.326 e. The summed E-state index contributed by atoms with van der Waals surface area (Å²) in [5.41, 5.74) is 0.993. The third-order valence-electron chi connectivity index (χ3n) is 4.88. The van der Waals surface area contributed by atoms with E-state index in [4.69, 9.17) is 0 Å². The average Bonchev–Trinajstić information content (AvgIpc) is 2.98. The quantitative estimate of drug-likeness (QED) is 0.934. The van der Waals surface area contributed by atoms with Crippen LogP contribution in [-0.2, 0) is 16.0 Å². The van der Waals surface area contributed by atoms with Crippen molar-refractivity contribution in [3.8, 4) is 0 Å². The number of carbonyl (C=O) groups excluding carboxylic acids is 1. The molecule has 1 saturated carbocycles. The van der Waals surface area contributed by atoms with Crippen molar-refractivity contribution in [2.45, 2.75) is 57.0 Å². The van der Waals surface area contributed by atoms with Crippen LogP contribution < -0.4 is 0 Å². The molecule has 2 fully saturated rings. The first kappa shape index (κ1) is 14.6. The Morgan fingerprint density at radius 1 is 1.24 bits per heavy atom. The molecule has 0 bridgehead atoms. The van der Waals surface area contributed by atoms with E-state index in [0.717, 1.165) is 31.2 Å². The maximum Gasteiger partial charge on any atom is 0.326 e. The minimum atomic E-state index is -0.849. The van der Waals surface area contributed by atoms with E-state index < -0.39 is 12.0 Å². The molecule has 1 aromatic rings. The highest BCUT2D eigenvalue weighted by atomic mass is 32.1. The summed E-state index contributed by atoms with van der Waals surface area (Å²) in [5, 5.41) is 13.4. The summed E-state index contributed by atoms with van der Waals surface area (Å²) in [6.07, 6.45) is 6.30. The Labute approximate surface area is 128 Å². The number of likely N-dealkylation sites (tertiary alicyclic amines) is 1. The van der Waals surface area contributed by atoms with E-state index in [-0.39, 0.29) is 11.9 Å². The van der Waals surface area contributed by atoms with Gasteiger partial charge in [-0.1, -0.05) is 12.8 Å². The van der Waals surface area contributed by atoms with Crippen molar-refractivity contribution in [3.63, 3.8) is 0 Å². The molecule has 0 spiro atoms. The highest BCUT2D eigenvalue weighted by Gasteiger charge is 2.43. The van der Waals surface area contributed by atoms with Crippen molar-refractivity contribution in [2.24, 2.45) is 5.92 Å². The van der Waals surface area contributed by atoms with E-state index in [9.17, 15) is 14.7 Å². The molecule has 114 valence electrons. The average molecular weight is 307 g/mol. The largest absolute Gasteiger partial charge is 0.480 e. The predicted molar refractivity (Wildman–Crippen MR) is 81.3 cm³/mol. The molecule has 5 heteroatoms. The number of carboxylic acid groups (broad SMARTS) is 1. The lowest BCUT2D eigenvalue weighted by molar-refractivity contribution is -0.157. The van der Waals surface area contributed by atoms with Gasteiger partial charge in [0.1, 0.15) is 6.04 Å². The summed E-state index contributed by atoms with van der Waals surface area (Å²) in [5.74, 6) is -0.365. The van der Waals surface area contributed by atoms with Crippen molar-refractivity contribution in [3.05, 3.63) is 22.4 Å². The van der Waals surface area contributed by atoms with Crippen molar-refractivity contribution < 1.29 is 14.7 Å². The fourth-order valence-electron chi connectivity index (χ4n) is 3.89. The number of amides is 1. The lowest BCUT2D eigenvalue weighted by atomic mass is 9.76. The Kier molecular flexibility index (Phi) is 4.29. The molecule has 0 aromatic carbocycles. The summed E-state index contributed by atoms with van der Waals surface area (Å²) in [7, 11) is 0. The number of fused-ring (bicyclic) bond motifs is 1. The molecular weight excluding hydrogens is 286 g/mol. The monoisotopic (exact) mass is 307 g/mol. The summed E-state index contributed by atoms with van der Waals surface area (Å²) in [6.45, 7) is 0. The van der Waals surface area contributed by atoms with Gasteiger partial charge in [0.05, 0.1) is 6.42 Å². The number of rotatable bonds is 3. The van der Waals surface area contributed by atoms with Crippen LogP contribution >= 0.6 is 11.3 Å². The first-order valence-electron chi connectivity index (χ1n) is 7.72. The van der Waals surface area contributed by atoms with Gasteiger partial charge in [0.15, 0.2) is 0 Å². The molecule has 4 nitrogen and oxygen atoms in total. The molecule has 0 radical (unpaired) electrons. The topological polar surface area (TPSA) is 57.6 Å². The van der Waals surface area contributed by atoms with E-state index in [1.165, 1.54) is 6.42 Å². The van der Waals surface area contributed by atoms with Crippen LogP contribution in [0.25, 0.3) is 0 Å². The van der Waals surface area contributed by atoms with Crippen molar-refractivity contribution in [1.82, 2.24) is 4.90 Å². The summed E-state index contributed by atoms with van der Waals surface area (Å²) < 4.78 is 0. The lowest BCUT2D eigenvalue weighted by Crippen LogP contribution is -2.57. The third kappa shape index (κ3) is 2.98. The molecular formula is C16H21NO3S. The molecule has 1 amide bonds. The zero-order chi connectivity index (χ0) is 14.8. The summed E-state index contributed by atoms with van der Waals surface area (Å²) in [6, 6.07) is 1.45. The van der Waals surface area contributed by atoms with Crippen LogP contribution in [0.15, 0.2) is 16.8 Å². The standard InChI is InChI=1S/C16H21NO3S/c18-15(9-11-7-8-21-10-11)17-13-4-2-1-3-12(13)5-6-14(17)16(19)20/h7-8,10,12-14H,1-6,9H2,(H,19,20)/t12-,13+,14+/m1/s1. The number of nitrogens with zero attached hydrogens (tertiary/aromatic N) is 1. The SMILES string of the molecule is O=C(O)[C@@H]1CC[C@H]2CCCC[C@@H]2N1C(=O)Cc1ccsc1. The minimum absolute atomic E-state index is 0.0163. The Bertz CT molecular complexity index is 514. The Morgan fingerprint density at radius 2 is 2.05 bits per heavy atom. The predicted octanol–water partition coefficient (Wildman–Crippen LogP) is 2.93. The molecule has 1 aliphatic carbocycles. The molecule has 3 rings (SSSR count). The zero-order valence-corrected chi connectivity index (χ0v) is 12.8. The van der Waals surface area contributed by atoms with Gasteiger partial charge < -0.3 is 10.0 Å². The van der Waals surface area contributed by atoms with Crippen LogP contribution in [0.4, 0.5) is 0 Å². The number of hydrogen-bond acceptors (Lipinski definition) is 3. The van der Waals surface area contributed by atoms with Gasteiger partial charge in [-0.2, -0.15) is 11.3 Å². The molecule has 0 unspecified atom stereocenters. The van der Waals surface area contributed by atoms with Gasteiger partial charge in [0.25, 0.3) is 0 Å². The van der Waals surface area contributed by atoms with Crippen LogP contribution in [0.2, 0.25) is 0 Å². The van der Waals surface area contributed by atoms with Crippen LogP contribution in [0.3, 0.4) is 0 Å². The highest BCUT2D eigenvalue weighted by molar-refractivity contribution is 7.08. The van der Waals surface area contributed by atoms with E-state index in [1.54, 1.807) is 16.2 Å². The molecule has 2 aliphatic rings. The number of thiophene rings is 1. The van der Waals surface area contributed by atoms with Gasteiger partial charge in [0, 0.05) is 6.04 Å². The number of piperidine rings is 1. The normalized spacial score (nSPS) is 29.0. The van der Waals surface area contributed by atoms with Gasteiger partial charge in [-0.15, -0.1) is 0 Å². The fourth-order valence-corrected chi connectivity index (χ4v) is 4.56. The van der Waals surface area contributed by atoms with E-state index in [1.807, 2.05) is 16.8 Å². The first-order valence-corrected chi connectivity index (χ1v) is 8.66. The van der Waals surface area contributed by atoms with Crippen LogP contribution in [0, 0.1) is 5.92 Å². The second-order valence-corrected chi connectivity index (χ2v) is 6.93. The third-order valence-corrected chi connectivity index (χ3v) is 5.61. The van der Waals surface area contributed by atoms with Crippen molar-refractivity contribution in [1.29, 1.82) is 0 Å². The maximum atomic E-state index is 12.7. The van der Waals surface area contributed by atoms with Gasteiger partial charge in [-0.05, 0) is 54.0 Å². The van der Waals surface area contributed by atoms with Crippen molar-refractivity contribution in [2.75, 3.05) is 0 Å². The van der Waals surface area contributed by atoms with E-state index in [0.29, 0.717) is 18.8 Å². The molecule has 21 heavy (non-hydrogen) atoms. The maximum absolute atomic E-state index is 12.7. The molecule has 1 saturated heterocycles. The molecule has 3 atom stereocenters. The first-order chi connectivity index (χ1) is 10.2. The van der Waals surface area contributed by atoms with Gasteiger partial charge in [0.2, 0.25) is 5.91 Å². The fraction of sp³-hybridized carbons (Fsp3) is 0.625. The Hall–Kier alpha value is -1.36. The molecule has 1 aliphatic heterocycles. The molecule has 1 aromatic heterocycles. The second-order valence-electron chi connectivity index (χ2n) is 6.15. The molecule has 2 heterocycles. The summed E-state index contributed by atoms with van der Waals surface area (Å²) >= 11 is 1.57. The van der Waals surface area contributed by atoms with Gasteiger partial charge in [-0.25, -0.2) is 4.79 Å². The zero-order valence-electron chi connectivity index (χ0n) is 12.0. The minimum Gasteiger partial charge on any atom is -0.480 e. The van der Waals surface area contributed by atoms with E-state index in [2.05, 4.69) is 0 Å². The van der Waals surface area contributed by atoms with Crippen LogP contribution in [-0.4, -0.2) is 34.0 Å². The number of carbonyl (C=O) groups is 2. The summed E-state index contributed by atoms with van der Waals surface area (Å²) in [4.78, 5) is 26.0. The van der Waals surface area contributed by atoms with E-state index >= 15 is 0 Å². The number of hydrogen-bond donors (Lipinski definition) is 1. The lowest BCUT2D eigenvalue weighted by Gasteiger charge is -2.47. The van der Waals surface area contributed by atoms with Crippen molar-refractivity contribution >= 4 is 23.2 Å². The van der Waals surface area contributed by atoms with Gasteiger partial charge in [-0.3, -0.25) is 4.79 Å². The molecule has 1 N–H and O–H groups in total. The van der Waals surface area contributed by atoms with Crippen LogP contribution in [0.1, 0.15) is 44.1 Å². The number of carboxylic acids is 1. The highest BCUT2D eigenvalue weighted by Crippen LogP contribution is 2.38.